The van der Waals surface area contributed by atoms with Crippen molar-refractivity contribution < 1.29 is 0 Å². The maximum atomic E-state index is 6.60. The van der Waals surface area contributed by atoms with E-state index in [9.17, 15) is 0 Å². The molecule has 1 rings (SSSR count). The summed E-state index contributed by atoms with van der Waals surface area (Å²) in [6.45, 7) is 10.7. The van der Waals surface area contributed by atoms with Crippen molar-refractivity contribution in [2.45, 2.75) is 45.9 Å². The second-order valence-electron chi connectivity index (χ2n) is 5.40. The Bertz CT molecular complexity index is 364. The van der Waals surface area contributed by atoms with Crippen molar-refractivity contribution >= 4 is 11.6 Å². The van der Waals surface area contributed by atoms with Crippen LogP contribution in [0.15, 0.2) is 12.1 Å². The van der Waals surface area contributed by atoms with Gasteiger partial charge in [-0.05, 0) is 57.5 Å². The average Bonchev–Trinajstić information content (AvgIpc) is 2.24. The highest BCUT2D eigenvalue weighted by Gasteiger charge is 2.15. The summed E-state index contributed by atoms with van der Waals surface area (Å²) in [5.41, 5.74) is 5.26. The number of benzene rings is 1. The highest BCUT2D eigenvalue weighted by molar-refractivity contribution is 6.21. The fourth-order valence-corrected chi connectivity index (χ4v) is 3.15. The van der Waals surface area contributed by atoms with E-state index in [-0.39, 0.29) is 5.38 Å². The van der Waals surface area contributed by atoms with Gasteiger partial charge in [-0.1, -0.05) is 31.0 Å². The molecular formula is C16H26ClN. The van der Waals surface area contributed by atoms with E-state index in [0.29, 0.717) is 0 Å². The molecule has 1 unspecified atom stereocenters. The molecule has 1 atom stereocenters. The van der Waals surface area contributed by atoms with Crippen molar-refractivity contribution in [1.29, 1.82) is 0 Å². The Morgan fingerprint density at radius 1 is 1.17 bits per heavy atom. The van der Waals surface area contributed by atoms with Gasteiger partial charge in [0.05, 0.1) is 5.38 Å². The van der Waals surface area contributed by atoms with Crippen LogP contribution in [-0.2, 0) is 0 Å². The van der Waals surface area contributed by atoms with Crippen LogP contribution in [0.3, 0.4) is 0 Å². The Morgan fingerprint density at radius 2 is 1.72 bits per heavy atom. The van der Waals surface area contributed by atoms with E-state index < -0.39 is 0 Å². The van der Waals surface area contributed by atoms with Gasteiger partial charge < -0.3 is 4.90 Å². The minimum Gasteiger partial charge on any atom is -0.305 e. The Balaban J connectivity index is 2.75. The maximum absolute atomic E-state index is 6.60. The van der Waals surface area contributed by atoms with Crippen molar-refractivity contribution in [2.24, 2.45) is 0 Å². The topological polar surface area (TPSA) is 3.24 Å². The molecule has 0 saturated carbocycles. The molecule has 0 aliphatic carbocycles. The van der Waals surface area contributed by atoms with Gasteiger partial charge in [-0.25, -0.2) is 0 Å². The molecule has 0 aromatic heterocycles. The first-order valence-electron chi connectivity index (χ1n) is 6.86. The number of hydrogen-bond donors (Lipinski definition) is 0. The fourth-order valence-electron chi connectivity index (χ4n) is 2.57. The smallest absolute Gasteiger partial charge is 0.0717 e. The number of hydrogen-bond acceptors (Lipinski definition) is 1. The van der Waals surface area contributed by atoms with Crippen LogP contribution in [0, 0.1) is 20.8 Å². The molecule has 0 amide bonds. The van der Waals surface area contributed by atoms with E-state index in [4.69, 9.17) is 11.6 Å². The molecular weight excluding hydrogens is 242 g/mol. The van der Waals surface area contributed by atoms with Gasteiger partial charge in [-0.3, -0.25) is 0 Å². The molecule has 1 nitrogen and oxygen atoms in total. The van der Waals surface area contributed by atoms with Crippen LogP contribution in [0.2, 0.25) is 0 Å². The predicted molar refractivity (Wildman–Crippen MR) is 81.7 cm³/mol. The Labute approximate surface area is 117 Å². The minimum absolute atomic E-state index is 0.0902. The second-order valence-corrected chi connectivity index (χ2v) is 5.92. The second kappa shape index (κ2) is 7.16. The molecule has 0 saturated heterocycles. The van der Waals surface area contributed by atoms with Crippen molar-refractivity contribution in [1.82, 2.24) is 4.90 Å². The van der Waals surface area contributed by atoms with Crippen molar-refractivity contribution in [3.05, 3.63) is 34.4 Å². The third kappa shape index (κ3) is 4.29. The van der Waals surface area contributed by atoms with Gasteiger partial charge in [-0.15, -0.1) is 11.6 Å². The lowest BCUT2D eigenvalue weighted by Gasteiger charge is -2.23. The third-order valence-corrected chi connectivity index (χ3v) is 3.77. The van der Waals surface area contributed by atoms with Crippen LogP contribution in [0.1, 0.15) is 47.4 Å². The van der Waals surface area contributed by atoms with Crippen molar-refractivity contribution in [3.8, 4) is 0 Å². The number of unbranched alkanes of at least 4 members (excludes halogenated alkanes) is 1. The van der Waals surface area contributed by atoms with Crippen molar-refractivity contribution in [3.63, 3.8) is 0 Å². The monoisotopic (exact) mass is 267 g/mol. The van der Waals surface area contributed by atoms with E-state index in [2.05, 4.69) is 51.8 Å². The number of nitrogens with zero attached hydrogens (tertiary/aromatic N) is 1. The summed E-state index contributed by atoms with van der Waals surface area (Å²) >= 11 is 6.60. The lowest BCUT2D eigenvalue weighted by molar-refractivity contribution is 0.328. The molecule has 2 heteroatoms. The normalized spacial score (nSPS) is 13.1. The number of halogens is 1. The molecule has 0 spiro atoms. The number of alkyl halides is 1. The molecule has 0 radical (unpaired) electrons. The van der Waals surface area contributed by atoms with E-state index in [1.165, 1.54) is 35.1 Å². The van der Waals surface area contributed by atoms with Crippen LogP contribution in [0.25, 0.3) is 0 Å². The fraction of sp³-hybridized carbons (Fsp3) is 0.625. The van der Waals surface area contributed by atoms with E-state index in [1.807, 2.05) is 0 Å². The largest absolute Gasteiger partial charge is 0.305 e. The standard InChI is InChI=1S/C16H26ClN/c1-6-7-8-18(5)11-15(17)16-13(3)9-12(2)10-14(16)4/h9-10,15H,6-8,11H2,1-5H3. The van der Waals surface area contributed by atoms with Crippen LogP contribution >= 0.6 is 11.6 Å². The first kappa shape index (κ1) is 15.5. The zero-order valence-corrected chi connectivity index (χ0v) is 13.1. The number of likely N-dealkylation sites (N-methyl/N-ethyl adjacent to an activating group) is 1. The molecule has 18 heavy (non-hydrogen) atoms. The quantitative estimate of drug-likeness (QED) is 0.680. The molecule has 0 fully saturated rings. The number of aryl methyl sites for hydroxylation is 3. The zero-order valence-electron chi connectivity index (χ0n) is 12.4. The molecule has 0 bridgehead atoms. The molecule has 0 aliphatic rings. The molecule has 0 N–H and O–H groups in total. The van der Waals surface area contributed by atoms with Gasteiger partial charge in [0.2, 0.25) is 0 Å². The zero-order chi connectivity index (χ0) is 13.7. The Hall–Kier alpha value is -0.530. The van der Waals surface area contributed by atoms with E-state index in [1.54, 1.807) is 0 Å². The van der Waals surface area contributed by atoms with Gasteiger partial charge >= 0.3 is 0 Å². The van der Waals surface area contributed by atoms with E-state index in [0.717, 1.165) is 13.1 Å². The maximum Gasteiger partial charge on any atom is 0.0717 e. The van der Waals surface area contributed by atoms with Crippen LogP contribution in [0.5, 0.6) is 0 Å². The molecule has 1 aromatic carbocycles. The lowest BCUT2D eigenvalue weighted by atomic mass is 9.97. The lowest BCUT2D eigenvalue weighted by Crippen LogP contribution is -2.24. The van der Waals surface area contributed by atoms with Gasteiger partial charge in [0.15, 0.2) is 0 Å². The third-order valence-electron chi connectivity index (χ3n) is 3.42. The summed E-state index contributed by atoms with van der Waals surface area (Å²) in [6, 6.07) is 4.45. The summed E-state index contributed by atoms with van der Waals surface area (Å²) in [5, 5.41) is 0.0902. The summed E-state index contributed by atoms with van der Waals surface area (Å²) < 4.78 is 0. The Morgan fingerprint density at radius 3 is 2.22 bits per heavy atom. The summed E-state index contributed by atoms with van der Waals surface area (Å²) in [5.74, 6) is 0. The number of rotatable bonds is 6. The van der Waals surface area contributed by atoms with Gasteiger partial charge in [0.1, 0.15) is 0 Å². The van der Waals surface area contributed by atoms with Gasteiger partial charge in [0, 0.05) is 6.54 Å². The molecule has 102 valence electrons. The van der Waals surface area contributed by atoms with Crippen LogP contribution in [0.4, 0.5) is 0 Å². The summed E-state index contributed by atoms with van der Waals surface area (Å²) in [7, 11) is 2.16. The molecule has 0 aliphatic heterocycles. The van der Waals surface area contributed by atoms with Crippen molar-refractivity contribution in [2.75, 3.05) is 20.1 Å². The highest BCUT2D eigenvalue weighted by Crippen LogP contribution is 2.28. The summed E-state index contributed by atoms with van der Waals surface area (Å²) in [4.78, 5) is 2.33. The molecule has 0 heterocycles. The van der Waals surface area contributed by atoms with Crippen LogP contribution < -0.4 is 0 Å². The SMILES string of the molecule is CCCCN(C)CC(Cl)c1c(C)cc(C)cc1C. The average molecular weight is 268 g/mol. The summed E-state index contributed by atoms with van der Waals surface area (Å²) in [6.07, 6.45) is 2.48. The predicted octanol–water partition coefficient (Wildman–Crippen LogP) is 4.62. The Kier molecular flexibility index (Phi) is 6.17. The highest BCUT2D eigenvalue weighted by atomic mass is 35.5. The van der Waals surface area contributed by atoms with Gasteiger partial charge in [-0.2, -0.15) is 0 Å². The van der Waals surface area contributed by atoms with Crippen LogP contribution in [-0.4, -0.2) is 25.0 Å². The minimum atomic E-state index is 0.0902. The van der Waals surface area contributed by atoms with Gasteiger partial charge in [0.25, 0.3) is 0 Å². The molecule has 1 aromatic rings. The first-order valence-corrected chi connectivity index (χ1v) is 7.29. The van der Waals surface area contributed by atoms with E-state index >= 15 is 0 Å². The first-order chi connectivity index (χ1) is 8.45.